The number of nitrogens with zero attached hydrogens (tertiary/aromatic N) is 2. The monoisotopic (exact) mass is 297 g/mol. The Morgan fingerprint density at radius 1 is 1.10 bits per heavy atom. The third-order valence-corrected chi connectivity index (χ3v) is 4.19. The van der Waals surface area contributed by atoms with E-state index in [4.69, 9.17) is 5.11 Å². The third kappa shape index (κ3) is 3.86. The number of nitrogens with one attached hydrogen (secondary N) is 1. The first kappa shape index (κ1) is 15.6. The fourth-order valence-corrected chi connectivity index (χ4v) is 2.91. The topological polar surface area (TPSA) is 90.0 Å². The average Bonchev–Trinajstić information content (AvgIpc) is 3.00. The van der Waals surface area contributed by atoms with Crippen LogP contribution >= 0.6 is 0 Å². The van der Waals surface area contributed by atoms with E-state index < -0.39 is 17.9 Å². The van der Waals surface area contributed by atoms with Gasteiger partial charge in [0, 0.05) is 26.2 Å². The van der Waals surface area contributed by atoms with Gasteiger partial charge in [-0.1, -0.05) is 0 Å². The average molecular weight is 297 g/mol. The number of amides is 3. The number of piperidine rings is 1. The van der Waals surface area contributed by atoms with Gasteiger partial charge in [0.1, 0.15) is 6.04 Å². The maximum atomic E-state index is 12.1. The maximum absolute atomic E-state index is 12.1. The number of rotatable bonds is 3. The molecule has 2 fully saturated rings. The minimum atomic E-state index is -0.867. The summed E-state index contributed by atoms with van der Waals surface area (Å²) >= 11 is 0. The van der Waals surface area contributed by atoms with Crippen molar-refractivity contribution in [2.75, 3.05) is 26.2 Å². The van der Waals surface area contributed by atoms with Crippen molar-refractivity contribution in [2.24, 2.45) is 5.92 Å². The number of urea groups is 1. The zero-order chi connectivity index (χ0) is 15.4. The lowest BCUT2D eigenvalue weighted by atomic mass is 9.99. The van der Waals surface area contributed by atoms with E-state index in [1.54, 1.807) is 11.8 Å². The molecule has 2 N–H and O–H groups in total. The molecule has 0 aromatic carbocycles. The van der Waals surface area contributed by atoms with E-state index in [0.717, 1.165) is 25.9 Å². The third-order valence-electron chi connectivity index (χ3n) is 4.19. The number of carboxylic acids is 1. The number of carbonyl (C=O) groups is 3. The lowest BCUT2D eigenvalue weighted by molar-refractivity contribution is -0.143. The summed E-state index contributed by atoms with van der Waals surface area (Å²) in [7, 11) is 0. The Balaban J connectivity index is 1.85. The molecule has 0 aromatic rings. The molecule has 0 bridgehead atoms. The highest BCUT2D eigenvalue weighted by Crippen LogP contribution is 2.17. The van der Waals surface area contributed by atoms with Gasteiger partial charge in [-0.2, -0.15) is 0 Å². The highest BCUT2D eigenvalue weighted by molar-refractivity contribution is 5.87. The number of carbonyl (C=O) groups excluding carboxylic acids is 2. The molecule has 118 valence electrons. The van der Waals surface area contributed by atoms with Gasteiger partial charge in [-0.05, 0) is 32.6 Å². The van der Waals surface area contributed by atoms with Crippen LogP contribution in [0.1, 0.15) is 32.6 Å². The predicted octanol–water partition coefficient (Wildman–Crippen LogP) is 0.504. The Morgan fingerprint density at radius 3 is 2.33 bits per heavy atom. The van der Waals surface area contributed by atoms with Gasteiger partial charge in [0.05, 0.1) is 5.92 Å². The maximum Gasteiger partial charge on any atom is 0.318 e. The van der Waals surface area contributed by atoms with Crippen molar-refractivity contribution < 1.29 is 19.5 Å². The van der Waals surface area contributed by atoms with E-state index in [1.807, 2.05) is 0 Å². The second kappa shape index (κ2) is 6.78. The first-order valence-electron chi connectivity index (χ1n) is 7.56. The molecule has 2 rings (SSSR count). The van der Waals surface area contributed by atoms with E-state index >= 15 is 0 Å². The van der Waals surface area contributed by atoms with Gasteiger partial charge in [0.15, 0.2) is 0 Å². The van der Waals surface area contributed by atoms with Gasteiger partial charge >= 0.3 is 12.0 Å². The molecule has 2 aliphatic heterocycles. The van der Waals surface area contributed by atoms with E-state index in [9.17, 15) is 14.4 Å². The van der Waals surface area contributed by atoms with Crippen LogP contribution in [-0.4, -0.2) is 65.0 Å². The zero-order valence-electron chi connectivity index (χ0n) is 12.4. The summed E-state index contributed by atoms with van der Waals surface area (Å²) in [5, 5.41) is 11.7. The van der Waals surface area contributed by atoms with Crippen LogP contribution in [-0.2, 0) is 9.59 Å². The van der Waals surface area contributed by atoms with E-state index in [-0.39, 0.29) is 18.5 Å². The fraction of sp³-hybridized carbons (Fsp3) is 0.786. The number of hydrogen-bond acceptors (Lipinski definition) is 3. The van der Waals surface area contributed by atoms with Gasteiger partial charge in [0.2, 0.25) is 5.91 Å². The predicted molar refractivity (Wildman–Crippen MR) is 75.7 cm³/mol. The van der Waals surface area contributed by atoms with Gasteiger partial charge in [-0.3, -0.25) is 9.59 Å². The summed E-state index contributed by atoms with van der Waals surface area (Å²) in [6, 6.07) is -0.915. The van der Waals surface area contributed by atoms with Crippen molar-refractivity contribution in [3.63, 3.8) is 0 Å². The van der Waals surface area contributed by atoms with Crippen LogP contribution in [0.3, 0.4) is 0 Å². The molecule has 3 amide bonds. The molecule has 0 spiro atoms. The summed E-state index contributed by atoms with van der Waals surface area (Å²) < 4.78 is 0. The van der Waals surface area contributed by atoms with Crippen LogP contribution in [0.25, 0.3) is 0 Å². The molecule has 0 aliphatic carbocycles. The molecule has 1 unspecified atom stereocenters. The minimum Gasteiger partial charge on any atom is -0.481 e. The Morgan fingerprint density at radius 2 is 1.71 bits per heavy atom. The van der Waals surface area contributed by atoms with Crippen LogP contribution in [0, 0.1) is 5.92 Å². The number of aliphatic carboxylic acids is 1. The highest BCUT2D eigenvalue weighted by atomic mass is 16.4. The van der Waals surface area contributed by atoms with Crippen LogP contribution in [0.4, 0.5) is 4.79 Å². The van der Waals surface area contributed by atoms with E-state index in [0.29, 0.717) is 19.4 Å². The normalized spacial score (nSPS) is 23.8. The lowest BCUT2D eigenvalue weighted by Crippen LogP contribution is -2.53. The minimum absolute atomic E-state index is 0.0624. The molecular formula is C14H23N3O4. The van der Waals surface area contributed by atoms with Crippen LogP contribution in [0.5, 0.6) is 0 Å². The number of hydrogen-bond donors (Lipinski definition) is 2. The Labute approximate surface area is 124 Å². The summed E-state index contributed by atoms with van der Waals surface area (Å²) in [4.78, 5) is 38.6. The Kier molecular flexibility index (Phi) is 5.03. The molecule has 2 saturated heterocycles. The van der Waals surface area contributed by atoms with Gasteiger partial charge < -0.3 is 20.2 Å². The molecule has 2 atom stereocenters. The van der Waals surface area contributed by atoms with Crippen molar-refractivity contribution in [2.45, 2.75) is 38.6 Å². The standard InChI is InChI=1S/C14H23N3O4/c1-10(12(18)16-6-2-3-7-16)15-14(21)17-8-4-5-11(9-17)13(19)20/h10-11H,2-9H2,1H3,(H,15,21)(H,19,20)/t10?,11-/m0/s1. The lowest BCUT2D eigenvalue weighted by Gasteiger charge is -2.32. The van der Waals surface area contributed by atoms with Crippen LogP contribution in [0.2, 0.25) is 0 Å². The number of likely N-dealkylation sites (tertiary alicyclic amines) is 2. The molecule has 0 radical (unpaired) electrons. The van der Waals surface area contributed by atoms with Crippen molar-refractivity contribution >= 4 is 17.9 Å². The van der Waals surface area contributed by atoms with Gasteiger partial charge in [-0.15, -0.1) is 0 Å². The van der Waals surface area contributed by atoms with Gasteiger partial charge in [-0.25, -0.2) is 4.79 Å². The first-order chi connectivity index (χ1) is 9.99. The van der Waals surface area contributed by atoms with E-state index in [2.05, 4.69) is 5.32 Å². The van der Waals surface area contributed by atoms with Crippen molar-refractivity contribution in [3.05, 3.63) is 0 Å². The Bertz CT molecular complexity index is 420. The SMILES string of the molecule is CC(NC(=O)N1CCC[C@H](C(=O)O)C1)C(=O)N1CCCC1. The van der Waals surface area contributed by atoms with Crippen LogP contribution < -0.4 is 5.32 Å². The summed E-state index contributed by atoms with van der Waals surface area (Å²) in [5.41, 5.74) is 0. The van der Waals surface area contributed by atoms with Crippen molar-refractivity contribution in [1.82, 2.24) is 15.1 Å². The van der Waals surface area contributed by atoms with E-state index in [1.165, 1.54) is 4.90 Å². The molecule has 0 aromatic heterocycles. The Hall–Kier alpha value is -1.79. The molecule has 7 nitrogen and oxygen atoms in total. The van der Waals surface area contributed by atoms with Crippen molar-refractivity contribution in [3.8, 4) is 0 Å². The first-order valence-corrected chi connectivity index (χ1v) is 7.56. The zero-order valence-corrected chi connectivity index (χ0v) is 12.4. The van der Waals surface area contributed by atoms with Crippen molar-refractivity contribution in [1.29, 1.82) is 0 Å². The molecule has 2 heterocycles. The molecule has 2 aliphatic rings. The number of carboxylic acid groups (broad SMARTS) is 1. The molecule has 21 heavy (non-hydrogen) atoms. The quantitative estimate of drug-likeness (QED) is 0.794. The van der Waals surface area contributed by atoms with Crippen LogP contribution in [0.15, 0.2) is 0 Å². The second-order valence-corrected chi connectivity index (χ2v) is 5.83. The van der Waals surface area contributed by atoms with Gasteiger partial charge in [0.25, 0.3) is 0 Å². The molecule has 0 saturated carbocycles. The molecular weight excluding hydrogens is 274 g/mol. The fourth-order valence-electron chi connectivity index (χ4n) is 2.91. The highest BCUT2D eigenvalue weighted by Gasteiger charge is 2.30. The summed E-state index contributed by atoms with van der Waals surface area (Å²) in [5.74, 6) is -1.43. The summed E-state index contributed by atoms with van der Waals surface area (Å²) in [6.07, 6.45) is 3.30. The summed E-state index contributed by atoms with van der Waals surface area (Å²) in [6.45, 7) is 3.94. The molecule has 7 heteroatoms. The smallest absolute Gasteiger partial charge is 0.318 e. The largest absolute Gasteiger partial charge is 0.481 e. The second-order valence-electron chi connectivity index (χ2n) is 5.83.